The lowest BCUT2D eigenvalue weighted by molar-refractivity contribution is 0.262. The third-order valence-corrected chi connectivity index (χ3v) is 3.07. The molecule has 1 aliphatic rings. The number of carbonyl (C=O) groups excluding carboxylic acids is 1. The average Bonchev–Trinajstić information content (AvgIpc) is 2.86. The summed E-state index contributed by atoms with van der Waals surface area (Å²) in [5.41, 5.74) is 2.09. The fraction of sp³-hybridized carbons (Fsp3) is 0.0625. The predicted octanol–water partition coefficient (Wildman–Crippen LogP) is 3.61. The van der Waals surface area contributed by atoms with Gasteiger partial charge in [0.05, 0.1) is 12.8 Å². The lowest BCUT2D eigenvalue weighted by atomic mass is 10.2. The van der Waals surface area contributed by atoms with Gasteiger partial charge in [-0.3, -0.25) is 0 Å². The van der Waals surface area contributed by atoms with Crippen molar-refractivity contribution in [2.75, 3.05) is 23.1 Å². The van der Waals surface area contributed by atoms with Crippen LogP contribution in [0.2, 0.25) is 0 Å². The summed E-state index contributed by atoms with van der Waals surface area (Å²) >= 11 is 0. The van der Waals surface area contributed by atoms with Crippen molar-refractivity contribution in [3.8, 4) is 11.5 Å². The quantitative estimate of drug-likeness (QED) is 0.809. The number of urea groups is 1. The Labute approximate surface area is 127 Å². The Bertz CT molecular complexity index is 743. The molecular formula is C16H15N3O3. The Balaban J connectivity index is 1.67. The minimum Gasteiger partial charge on any atom is -0.497 e. The Morgan fingerprint density at radius 1 is 1.18 bits per heavy atom. The fourth-order valence-electron chi connectivity index (χ4n) is 2.09. The maximum atomic E-state index is 12.0. The van der Waals surface area contributed by atoms with E-state index in [0.29, 0.717) is 28.8 Å². The molecule has 1 aliphatic heterocycles. The number of carbonyl (C=O) groups is 1. The summed E-state index contributed by atoms with van der Waals surface area (Å²) in [6, 6.07) is 12.1. The summed E-state index contributed by atoms with van der Waals surface area (Å²) < 4.78 is 10.5. The molecule has 2 aromatic rings. The SMILES string of the molecule is C=C1Nc2ccc(NC(=O)Nc3cccc(OC)c3)cc2O1. The summed E-state index contributed by atoms with van der Waals surface area (Å²) in [6.07, 6.45) is 0. The van der Waals surface area contributed by atoms with Crippen LogP contribution in [0.25, 0.3) is 0 Å². The van der Waals surface area contributed by atoms with Gasteiger partial charge in [0.25, 0.3) is 0 Å². The van der Waals surface area contributed by atoms with Gasteiger partial charge in [-0.15, -0.1) is 0 Å². The first-order valence-electron chi connectivity index (χ1n) is 6.64. The number of fused-ring (bicyclic) bond motifs is 1. The number of amides is 2. The van der Waals surface area contributed by atoms with Crippen molar-refractivity contribution in [2.24, 2.45) is 0 Å². The van der Waals surface area contributed by atoms with E-state index < -0.39 is 0 Å². The normalized spacial score (nSPS) is 12.0. The van der Waals surface area contributed by atoms with E-state index in [-0.39, 0.29) is 6.03 Å². The van der Waals surface area contributed by atoms with E-state index >= 15 is 0 Å². The molecule has 2 amide bonds. The zero-order chi connectivity index (χ0) is 15.5. The predicted molar refractivity (Wildman–Crippen MR) is 85.5 cm³/mol. The second-order valence-electron chi connectivity index (χ2n) is 4.67. The third kappa shape index (κ3) is 2.95. The zero-order valence-electron chi connectivity index (χ0n) is 12.0. The number of anilines is 3. The molecule has 22 heavy (non-hydrogen) atoms. The van der Waals surface area contributed by atoms with Gasteiger partial charge < -0.3 is 25.4 Å². The molecular weight excluding hydrogens is 282 g/mol. The highest BCUT2D eigenvalue weighted by molar-refractivity contribution is 6.00. The molecule has 0 unspecified atom stereocenters. The highest BCUT2D eigenvalue weighted by atomic mass is 16.5. The van der Waals surface area contributed by atoms with Crippen molar-refractivity contribution >= 4 is 23.1 Å². The molecule has 3 N–H and O–H groups in total. The van der Waals surface area contributed by atoms with E-state index in [0.717, 1.165) is 5.69 Å². The van der Waals surface area contributed by atoms with Crippen LogP contribution in [-0.4, -0.2) is 13.1 Å². The van der Waals surface area contributed by atoms with Crippen LogP contribution in [0.4, 0.5) is 21.9 Å². The van der Waals surface area contributed by atoms with Crippen molar-refractivity contribution in [1.82, 2.24) is 0 Å². The number of hydrogen-bond acceptors (Lipinski definition) is 4. The smallest absolute Gasteiger partial charge is 0.323 e. The van der Waals surface area contributed by atoms with Gasteiger partial charge in [-0.25, -0.2) is 4.79 Å². The molecule has 0 saturated carbocycles. The second kappa shape index (κ2) is 5.69. The standard InChI is InChI=1S/C16H15N3O3/c1-10-17-14-7-6-12(9-15(14)22-10)19-16(20)18-11-4-3-5-13(8-11)21-2/h3-9,17H,1H2,2H3,(H2,18,19,20). The summed E-state index contributed by atoms with van der Waals surface area (Å²) in [7, 11) is 1.58. The van der Waals surface area contributed by atoms with Gasteiger partial charge in [-0.2, -0.15) is 0 Å². The topological polar surface area (TPSA) is 71.6 Å². The van der Waals surface area contributed by atoms with E-state index in [1.54, 1.807) is 43.5 Å². The molecule has 6 nitrogen and oxygen atoms in total. The fourth-order valence-corrected chi connectivity index (χ4v) is 2.09. The van der Waals surface area contributed by atoms with Crippen LogP contribution >= 0.6 is 0 Å². The van der Waals surface area contributed by atoms with Crippen LogP contribution < -0.4 is 25.4 Å². The molecule has 0 atom stereocenters. The number of methoxy groups -OCH3 is 1. The van der Waals surface area contributed by atoms with Gasteiger partial charge in [-0.05, 0) is 30.8 Å². The highest BCUT2D eigenvalue weighted by Crippen LogP contribution is 2.35. The van der Waals surface area contributed by atoms with Crippen molar-refractivity contribution in [2.45, 2.75) is 0 Å². The molecule has 0 saturated heterocycles. The van der Waals surface area contributed by atoms with E-state index in [9.17, 15) is 4.79 Å². The first-order chi connectivity index (χ1) is 10.6. The number of hydrogen-bond donors (Lipinski definition) is 3. The molecule has 3 rings (SSSR count). The molecule has 2 aromatic carbocycles. The van der Waals surface area contributed by atoms with Gasteiger partial charge >= 0.3 is 6.03 Å². The van der Waals surface area contributed by atoms with Crippen molar-refractivity contribution in [1.29, 1.82) is 0 Å². The minimum atomic E-state index is -0.349. The van der Waals surface area contributed by atoms with Crippen LogP contribution in [0.15, 0.2) is 54.9 Å². The molecule has 0 aliphatic carbocycles. The van der Waals surface area contributed by atoms with Crippen LogP contribution in [0.5, 0.6) is 11.5 Å². The number of rotatable bonds is 3. The Kier molecular flexibility index (Phi) is 3.57. The van der Waals surface area contributed by atoms with E-state index in [1.165, 1.54) is 0 Å². The van der Waals surface area contributed by atoms with Gasteiger partial charge in [-0.1, -0.05) is 6.07 Å². The summed E-state index contributed by atoms with van der Waals surface area (Å²) in [4.78, 5) is 12.0. The van der Waals surface area contributed by atoms with Crippen LogP contribution in [0.3, 0.4) is 0 Å². The number of benzene rings is 2. The molecule has 6 heteroatoms. The second-order valence-corrected chi connectivity index (χ2v) is 4.67. The lowest BCUT2D eigenvalue weighted by Gasteiger charge is -2.09. The third-order valence-electron chi connectivity index (χ3n) is 3.07. The zero-order valence-corrected chi connectivity index (χ0v) is 12.0. The lowest BCUT2D eigenvalue weighted by Crippen LogP contribution is -2.19. The first kappa shape index (κ1) is 13.8. The van der Waals surface area contributed by atoms with Gasteiger partial charge in [0.1, 0.15) is 5.75 Å². The largest absolute Gasteiger partial charge is 0.497 e. The Morgan fingerprint density at radius 3 is 2.73 bits per heavy atom. The molecule has 0 spiro atoms. The van der Waals surface area contributed by atoms with Gasteiger partial charge in [0.15, 0.2) is 11.6 Å². The highest BCUT2D eigenvalue weighted by Gasteiger charge is 2.15. The number of ether oxygens (including phenoxy) is 2. The van der Waals surface area contributed by atoms with Crippen LogP contribution in [0.1, 0.15) is 0 Å². The molecule has 0 radical (unpaired) electrons. The van der Waals surface area contributed by atoms with Crippen molar-refractivity contribution in [3.63, 3.8) is 0 Å². The Hall–Kier alpha value is -3.15. The molecule has 0 aromatic heterocycles. The molecule has 1 heterocycles. The van der Waals surface area contributed by atoms with E-state index in [2.05, 4.69) is 22.5 Å². The first-order valence-corrected chi connectivity index (χ1v) is 6.64. The monoisotopic (exact) mass is 297 g/mol. The maximum Gasteiger partial charge on any atom is 0.323 e. The minimum absolute atomic E-state index is 0.349. The molecule has 112 valence electrons. The van der Waals surface area contributed by atoms with Crippen molar-refractivity contribution < 1.29 is 14.3 Å². The van der Waals surface area contributed by atoms with Gasteiger partial charge in [0, 0.05) is 23.5 Å². The summed E-state index contributed by atoms with van der Waals surface area (Å²) in [5.74, 6) is 1.77. The summed E-state index contributed by atoms with van der Waals surface area (Å²) in [6.45, 7) is 3.69. The summed E-state index contributed by atoms with van der Waals surface area (Å²) in [5, 5.41) is 8.45. The van der Waals surface area contributed by atoms with Crippen LogP contribution in [0, 0.1) is 0 Å². The van der Waals surface area contributed by atoms with E-state index in [1.807, 2.05) is 6.07 Å². The Morgan fingerprint density at radius 2 is 1.95 bits per heavy atom. The van der Waals surface area contributed by atoms with Crippen LogP contribution in [-0.2, 0) is 0 Å². The average molecular weight is 297 g/mol. The van der Waals surface area contributed by atoms with Crippen molar-refractivity contribution in [3.05, 3.63) is 54.9 Å². The number of nitrogens with one attached hydrogen (secondary N) is 3. The molecule has 0 bridgehead atoms. The van der Waals surface area contributed by atoms with Gasteiger partial charge in [0.2, 0.25) is 0 Å². The van der Waals surface area contributed by atoms with E-state index in [4.69, 9.17) is 9.47 Å². The molecule has 0 fully saturated rings. The maximum absolute atomic E-state index is 12.0.